The smallest absolute Gasteiger partial charge is 0.416 e. The number of methoxy groups -OCH3 is 1. The van der Waals surface area contributed by atoms with Gasteiger partial charge in [-0.1, -0.05) is 42.5 Å². The Kier molecular flexibility index (Phi) is 8.97. The molecule has 3 rings (SSSR count). The summed E-state index contributed by atoms with van der Waals surface area (Å²) in [7, 11) is 1.53. The minimum Gasteiger partial charge on any atom is -0.493 e. The average Bonchev–Trinajstić information content (AvgIpc) is 2.85. The zero-order valence-electron chi connectivity index (χ0n) is 19.3. The first-order valence-electron chi connectivity index (χ1n) is 11.1. The number of rotatable bonds is 10. The Morgan fingerprint density at radius 3 is 2.43 bits per heavy atom. The van der Waals surface area contributed by atoms with Gasteiger partial charge in [0, 0.05) is 18.8 Å². The molecule has 0 radical (unpaired) electrons. The second-order valence-electron chi connectivity index (χ2n) is 7.83. The number of nitrogens with zero attached hydrogens (tertiary/aromatic N) is 1. The standard InChI is InChI=1S/C26H28F3N3O3/c1-34-24-15-20(11-12-23(24)35-18-19-7-3-2-4-8-19)17-32(14-6-13-30)25(33)31-22-10-5-9-21(16-22)26(27,28)29/h2-5,7-12,15-16H,6,13-14,17-18,30H2,1H3,(H,31,33). The fraction of sp³-hybridized carbons (Fsp3) is 0.269. The quantitative estimate of drug-likeness (QED) is 0.386. The van der Waals surface area contributed by atoms with E-state index in [1.165, 1.54) is 24.1 Å². The fourth-order valence-electron chi connectivity index (χ4n) is 3.40. The molecule has 0 spiro atoms. The van der Waals surface area contributed by atoms with Crippen LogP contribution in [-0.2, 0) is 19.3 Å². The summed E-state index contributed by atoms with van der Waals surface area (Å²) in [6, 6.07) is 19.1. The lowest BCUT2D eigenvalue weighted by molar-refractivity contribution is -0.137. The van der Waals surface area contributed by atoms with Crippen LogP contribution in [-0.4, -0.2) is 31.1 Å². The zero-order valence-corrected chi connectivity index (χ0v) is 19.3. The third kappa shape index (κ3) is 7.65. The van der Waals surface area contributed by atoms with Crippen molar-refractivity contribution in [2.75, 3.05) is 25.5 Å². The second-order valence-corrected chi connectivity index (χ2v) is 7.83. The van der Waals surface area contributed by atoms with Crippen molar-refractivity contribution in [1.82, 2.24) is 4.90 Å². The van der Waals surface area contributed by atoms with Crippen molar-refractivity contribution in [3.05, 3.63) is 89.5 Å². The number of halogens is 3. The van der Waals surface area contributed by atoms with Crippen molar-refractivity contribution < 1.29 is 27.4 Å². The SMILES string of the molecule is COc1cc(CN(CCCN)C(=O)Nc2cccc(C(F)(F)F)c2)ccc1OCc1ccccc1. The molecule has 0 heterocycles. The van der Waals surface area contributed by atoms with E-state index in [2.05, 4.69) is 5.32 Å². The number of ether oxygens (including phenoxy) is 2. The number of nitrogens with two attached hydrogens (primary N) is 1. The van der Waals surface area contributed by atoms with Crippen molar-refractivity contribution in [2.45, 2.75) is 25.7 Å². The number of benzene rings is 3. The largest absolute Gasteiger partial charge is 0.493 e. The van der Waals surface area contributed by atoms with Crippen molar-refractivity contribution in [3.8, 4) is 11.5 Å². The van der Waals surface area contributed by atoms with Crippen LogP contribution < -0.4 is 20.5 Å². The second kappa shape index (κ2) is 12.1. The molecule has 0 atom stereocenters. The van der Waals surface area contributed by atoms with Gasteiger partial charge in [-0.15, -0.1) is 0 Å². The summed E-state index contributed by atoms with van der Waals surface area (Å²) in [5, 5.41) is 2.55. The highest BCUT2D eigenvalue weighted by molar-refractivity contribution is 5.89. The Bertz CT molecular complexity index is 1110. The van der Waals surface area contributed by atoms with Gasteiger partial charge < -0.3 is 25.4 Å². The van der Waals surface area contributed by atoms with Crippen molar-refractivity contribution in [3.63, 3.8) is 0 Å². The molecule has 2 amide bonds. The van der Waals surface area contributed by atoms with Crippen LogP contribution in [0.1, 0.15) is 23.1 Å². The number of alkyl halides is 3. The van der Waals surface area contributed by atoms with E-state index in [4.69, 9.17) is 15.2 Å². The maximum atomic E-state index is 13.0. The van der Waals surface area contributed by atoms with Gasteiger partial charge in [-0.2, -0.15) is 13.2 Å². The van der Waals surface area contributed by atoms with Crippen LogP contribution in [0.25, 0.3) is 0 Å². The number of amides is 2. The van der Waals surface area contributed by atoms with Crippen molar-refractivity contribution in [2.24, 2.45) is 5.73 Å². The number of carbonyl (C=O) groups excluding carboxylic acids is 1. The van der Waals surface area contributed by atoms with Gasteiger partial charge in [-0.25, -0.2) is 4.79 Å². The highest BCUT2D eigenvalue weighted by atomic mass is 19.4. The number of urea groups is 1. The van der Waals surface area contributed by atoms with Gasteiger partial charge in [0.2, 0.25) is 0 Å². The Hall–Kier alpha value is -3.72. The predicted octanol–water partition coefficient (Wildman–Crippen LogP) is 5.68. The van der Waals surface area contributed by atoms with Crippen LogP contribution in [0.2, 0.25) is 0 Å². The Morgan fingerprint density at radius 2 is 1.74 bits per heavy atom. The van der Waals surface area contributed by atoms with Gasteiger partial charge in [-0.3, -0.25) is 0 Å². The number of hydrogen-bond donors (Lipinski definition) is 2. The van der Waals surface area contributed by atoms with Gasteiger partial charge in [0.1, 0.15) is 6.61 Å². The molecule has 9 heteroatoms. The summed E-state index contributed by atoms with van der Waals surface area (Å²) in [4.78, 5) is 14.4. The third-order valence-electron chi connectivity index (χ3n) is 5.20. The van der Waals surface area contributed by atoms with E-state index in [-0.39, 0.29) is 12.2 Å². The zero-order chi connectivity index (χ0) is 25.3. The lowest BCUT2D eigenvalue weighted by Crippen LogP contribution is -2.36. The van der Waals surface area contributed by atoms with E-state index in [1.54, 1.807) is 12.1 Å². The molecular weight excluding hydrogens is 459 g/mol. The predicted molar refractivity (Wildman–Crippen MR) is 128 cm³/mol. The molecule has 0 bridgehead atoms. The van der Waals surface area contributed by atoms with Gasteiger partial charge >= 0.3 is 12.2 Å². The summed E-state index contributed by atoms with van der Waals surface area (Å²) >= 11 is 0. The van der Waals surface area contributed by atoms with Crippen LogP contribution in [0.15, 0.2) is 72.8 Å². The number of hydrogen-bond acceptors (Lipinski definition) is 4. The Morgan fingerprint density at radius 1 is 0.971 bits per heavy atom. The molecule has 0 unspecified atom stereocenters. The van der Waals surface area contributed by atoms with Crippen LogP contribution in [0.4, 0.5) is 23.7 Å². The minimum absolute atomic E-state index is 0.0600. The molecule has 3 aromatic carbocycles. The number of carbonyl (C=O) groups is 1. The molecule has 0 saturated carbocycles. The third-order valence-corrected chi connectivity index (χ3v) is 5.20. The summed E-state index contributed by atoms with van der Waals surface area (Å²) < 4.78 is 50.4. The molecule has 0 aliphatic carbocycles. The Balaban J connectivity index is 1.72. The molecule has 3 aromatic rings. The lowest BCUT2D eigenvalue weighted by Gasteiger charge is -2.24. The number of anilines is 1. The van der Waals surface area contributed by atoms with Gasteiger partial charge in [-0.05, 0) is 54.4 Å². The summed E-state index contributed by atoms with van der Waals surface area (Å²) in [5.74, 6) is 1.07. The molecule has 0 aliphatic rings. The molecule has 0 aliphatic heterocycles. The van der Waals surface area contributed by atoms with Crippen LogP contribution in [0.5, 0.6) is 11.5 Å². The van der Waals surface area contributed by atoms with E-state index in [1.807, 2.05) is 36.4 Å². The topological polar surface area (TPSA) is 76.8 Å². The van der Waals surface area contributed by atoms with Gasteiger partial charge in [0.15, 0.2) is 11.5 Å². The first kappa shape index (κ1) is 25.9. The first-order chi connectivity index (χ1) is 16.8. The Labute approximate surface area is 202 Å². The van der Waals surface area contributed by atoms with Crippen molar-refractivity contribution >= 4 is 11.7 Å². The molecule has 0 fully saturated rings. The van der Waals surface area contributed by atoms with Crippen LogP contribution in [0.3, 0.4) is 0 Å². The maximum Gasteiger partial charge on any atom is 0.416 e. The molecular formula is C26H28F3N3O3. The molecule has 186 valence electrons. The van der Waals surface area contributed by atoms with Gasteiger partial charge in [0.05, 0.1) is 12.7 Å². The minimum atomic E-state index is -4.50. The lowest BCUT2D eigenvalue weighted by atomic mass is 10.1. The maximum absolute atomic E-state index is 13.0. The highest BCUT2D eigenvalue weighted by Crippen LogP contribution is 2.31. The van der Waals surface area contributed by atoms with E-state index in [0.29, 0.717) is 37.6 Å². The summed E-state index contributed by atoms with van der Waals surface area (Å²) in [5.41, 5.74) is 6.62. The monoisotopic (exact) mass is 487 g/mol. The molecule has 0 saturated heterocycles. The van der Waals surface area contributed by atoms with Gasteiger partial charge in [0.25, 0.3) is 0 Å². The number of nitrogens with one attached hydrogen (secondary N) is 1. The highest BCUT2D eigenvalue weighted by Gasteiger charge is 2.30. The van der Waals surface area contributed by atoms with Crippen molar-refractivity contribution in [1.29, 1.82) is 0 Å². The van der Waals surface area contributed by atoms with E-state index < -0.39 is 17.8 Å². The molecule has 0 aromatic heterocycles. The molecule has 35 heavy (non-hydrogen) atoms. The van der Waals surface area contributed by atoms with Crippen LogP contribution >= 0.6 is 0 Å². The van der Waals surface area contributed by atoms with E-state index in [0.717, 1.165) is 23.3 Å². The van der Waals surface area contributed by atoms with E-state index >= 15 is 0 Å². The average molecular weight is 488 g/mol. The normalized spacial score (nSPS) is 11.1. The van der Waals surface area contributed by atoms with E-state index in [9.17, 15) is 18.0 Å². The summed E-state index contributed by atoms with van der Waals surface area (Å²) in [6.07, 6.45) is -3.97. The first-order valence-corrected chi connectivity index (χ1v) is 11.1. The van der Waals surface area contributed by atoms with Crippen LogP contribution in [0, 0.1) is 0 Å². The molecule has 6 nitrogen and oxygen atoms in total. The molecule has 3 N–H and O–H groups in total. The fourth-order valence-corrected chi connectivity index (χ4v) is 3.40. The summed E-state index contributed by atoms with van der Waals surface area (Å²) in [6.45, 7) is 1.28.